The monoisotopic (exact) mass is 369 g/mol. The molecule has 0 radical (unpaired) electrons. The molecule has 7 heteroatoms. The topological polar surface area (TPSA) is 55.2 Å². The Morgan fingerprint density at radius 2 is 1.85 bits per heavy atom. The first-order chi connectivity index (χ1) is 12.8. The summed E-state index contributed by atoms with van der Waals surface area (Å²) in [4.78, 5) is 2.32. The molecule has 6 nitrogen and oxygen atoms in total. The van der Waals surface area contributed by atoms with Crippen molar-refractivity contribution in [3.63, 3.8) is 0 Å². The average Bonchev–Trinajstić information content (AvgIpc) is 3.42. The lowest BCUT2D eigenvalue weighted by atomic mass is 10.2. The lowest BCUT2D eigenvalue weighted by molar-refractivity contribution is 0.407. The molecule has 0 atom stereocenters. The standard InChI is InChI=1S/C19H23N5OS/c1-25-17-9-3-2-7-15(17)13-20-14-16-8-6-12-24(16)19-22-21-18(26-19)23-10-4-5-11-23/h2-3,6-9,12,20H,4-5,10-11,13-14H2,1H3. The van der Waals surface area contributed by atoms with Gasteiger partial charge < -0.3 is 15.0 Å². The quantitative estimate of drug-likeness (QED) is 0.693. The Morgan fingerprint density at radius 3 is 2.69 bits per heavy atom. The molecule has 26 heavy (non-hydrogen) atoms. The summed E-state index contributed by atoms with van der Waals surface area (Å²) in [5, 5.41) is 14.2. The number of nitrogens with one attached hydrogen (secondary N) is 1. The molecule has 0 aliphatic carbocycles. The highest BCUT2D eigenvalue weighted by Gasteiger charge is 2.18. The summed E-state index contributed by atoms with van der Waals surface area (Å²) >= 11 is 1.66. The number of rotatable bonds is 7. The number of aromatic nitrogens is 3. The lowest BCUT2D eigenvalue weighted by Crippen LogP contribution is -2.17. The van der Waals surface area contributed by atoms with Crippen LogP contribution >= 0.6 is 11.3 Å². The van der Waals surface area contributed by atoms with Crippen molar-refractivity contribution in [2.45, 2.75) is 25.9 Å². The molecule has 0 bridgehead atoms. The molecule has 0 saturated carbocycles. The van der Waals surface area contributed by atoms with Gasteiger partial charge >= 0.3 is 0 Å². The molecule has 4 rings (SSSR count). The first-order valence-corrected chi connectivity index (χ1v) is 9.74. The molecule has 136 valence electrons. The van der Waals surface area contributed by atoms with Gasteiger partial charge in [-0.15, -0.1) is 10.2 Å². The van der Waals surface area contributed by atoms with Crippen molar-refractivity contribution in [3.05, 3.63) is 53.9 Å². The summed E-state index contributed by atoms with van der Waals surface area (Å²) in [6, 6.07) is 12.3. The zero-order valence-corrected chi connectivity index (χ0v) is 15.7. The fourth-order valence-corrected chi connectivity index (χ4v) is 4.18. The zero-order chi connectivity index (χ0) is 17.8. The Kier molecular flexibility index (Phi) is 5.17. The summed E-state index contributed by atoms with van der Waals surface area (Å²) in [5.41, 5.74) is 2.32. The minimum absolute atomic E-state index is 0.754. The summed E-state index contributed by atoms with van der Waals surface area (Å²) in [6.07, 6.45) is 4.54. The second-order valence-corrected chi connectivity index (χ2v) is 7.28. The molecule has 0 unspecified atom stereocenters. The SMILES string of the molecule is COc1ccccc1CNCc1cccn1-c1nnc(N2CCCC2)s1. The fourth-order valence-electron chi connectivity index (χ4n) is 3.26. The van der Waals surface area contributed by atoms with Crippen LogP contribution < -0.4 is 15.0 Å². The Balaban J connectivity index is 1.42. The van der Waals surface area contributed by atoms with Gasteiger partial charge in [-0.05, 0) is 31.0 Å². The van der Waals surface area contributed by atoms with Crippen molar-refractivity contribution in [3.8, 4) is 10.9 Å². The maximum absolute atomic E-state index is 5.41. The minimum Gasteiger partial charge on any atom is -0.496 e. The zero-order valence-electron chi connectivity index (χ0n) is 14.9. The molecular formula is C19H23N5OS. The highest BCUT2D eigenvalue weighted by Crippen LogP contribution is 2.27. The van der Waals surface area contributed by atoms with Crippen molar-refractivity contribution in [2.75, 3.05) is 25.1 Å². The molecule has 1 aliphatic heterocycles. The predicted octanol–water partition coefficient (Wildman–Crippen LogP) is 3.23. The van der Waals surface area contributed by atoms with Gasteiger partial charge in [0, 0.05) is 43.6 Å². The third kappa shape index (κ3) is 3.59. The van der Waals surface area contributed by atoms with E-state index in [1.807, 2.05) is 24.4 Å². The Morgan fingerprint density at radius 1 is 1.04 bits per heavy atom. The highest BCUT2D eigenvalue weighted by molar-refractivity contribution is 7.17. The first kappa shape index (κ1) is 17.1. The van der Waals surface area contributed by atoms with Gasteiger partial charge in [0.2, 0.25) is 10.3 Å². The third-order valence-corrected chi connectivity index (χ3v) is 5.62. The van der Waals surface area contributed by atoms with E-state index in [4.69, 9.17) is 4.74 Å². The predicted molar refractivity (Wildman–Crippen MR) is 104 cm³/mol. The molecule has 0 amide bonds. The van der Waals surface area contributed by atoms with Gasteiger partial charge in [-0.2, -0.15) is 0 Å². The Bertz CT molecular complexity index is 853. The van der Waals surface area contributed by atoms with E-state index in [0.717, 1.165) is 47.8 Å². The number of para-hydroxylation sites is 1. The number of benzene rings is 1. The molecule has 1 saturated heterocycles. The van der Waals surface area contributed by atoms with Crippen LogP contribution in [0.3, 0.4) is 0 Å². The van der Waals surface area contributed by atoms with E-state index in [1.165, 1.54) is 18.5 Å². The fraction of sp³-hybridized carbons (Fsp3) is 0.368. The van der Waals surface area contributed by atoms with Crippen molar-refractivity contribution in [1.29, 1.82) is 0 Å². The van der Waals surface area contributed by atoms with Crippen LogP contribution in [0.5, 0.6) is 5.75 Å². The van der Waals surface area contributed by atoms with E-state index in [-0.39, 0.29) is 0 Å². The van der Waals surface area contributed by atoms with E-state index in [9.17, 15) is 0 Å². The molecule has 1 fully saturated rings. The molecule has 1 aliphatic rings. The number of hydrogen-bond acceptors (Lipinski definition) is 6. The Labute approximate surface area is 157 Å². The largest absolute Gasteiger partial charge is 0.496 e. The lowest BCUT2D eigenvalue weighted by Gasteiger charge is -2.11. The van der Waals surface area contributed by atoms with Crippen molar-refractivity contribution >= 4 is 16.5 Å². The molecule has 3 aromatic rings. The molecular weight excluding hydrogens is 346 g/mol. The number of hydrogen-bond donors (Lipinski definition) is 1. The highest BCUT2D eigenvalue weighted by atomic mass is 32.1. The summed E-state index contributed by atoms with van der Waals surface area (Å²) < 4.78 is 7.53. The van der Waals surface area contributed by atoms with Crippen LogP contribution in [-0.2, 0) is 13.1 Å². The Hall–Kier alpha value is -2.38. The van der Waals surface area contributed by atoms with E-state index >= 15 is 0 Å². The molecule has 3 heterocycles. The number of nitrogens with zero attached hydrogens (tertiary/aromatic N) is 4. The second-order valence-electron chi connectivity index (χ2n) is 6.35. The summed E-state index contributed by atoms with van der Waals surface area (Å²) in [5.74, 6) is 0.912. The van der Waals surface area contributed by atoms with Gasteiger partial charge in [-0.3, -0.25) is 4.57 Å². The van der Waals surface area contributed by atoms with E-state index in [0.29, 0.717) is 0 Å². The van der Waals surface area contributed by atoms with Crippen molar-refractivity contribution in [1.82, 2.24) is 20.1 Å². The van der Waals surface area contributed by atoms with Crippen LogP contribution in [-0.4, -0.2) is 35.0 Å². The van der Waals surface area contributed by atoms with Gasteiger partial charge in [0.15, 0.2) is 0 Å². The summed E-state index contributed by atoms with van der Waals surface area (Å²) in [7, 11) is 1.71. The molecule has 2 aromatic heterocycles. The van der Waals surface area contributed by atoms with E-state index in [2.05, 4.69) is 43.2 Å². The molecule has 0 spiro atoms. The molecule has 1 aromatic carbocycles. The smallest absolute Gasteiger partial charge is 0.218 e. The van der Waals surface area contributed by atoms with Crippen LogP contribution in [0, 0.1) is 0 Å². The maximum Gasteiger partial charge on any atom is 0.218 e. The van der Waals surface area contributed by atoms with Gasteiger partial charge in [-0.25, -0.2) is 0 Å². The normalized spacial score (nSPS) is 14.1. The number of anilines is 1. The number of ether oxygens (including phenoxy) is 1. The summed E-state index contributed by atoms with van der Waals surface area (Å²) in [6.45, 7) is 3.69. The number of methoxy groups -OCH3 is 1. The van der Waals surface area contributed by atoms with Crippen LogP contribution in [0.25, 0.3) is 5.13 Å². The van der Waals surface area contributed by atoms with E-state index < -0.39 is 0 Å². The van der Waals surface area contributed by atoms with Gasteiger partial charge in [0.05, 0.1) is 7.11 Å². The van der Waals surface area contributed by atoms with Gasteiger partial charge in [0.25, 0.3) is 0 Å². The van der Waals surface area contributed by atoms with Crippen LogP contribution in [0.2, 0.25) is 0 Å². The maximum atomic E-state index is 5.41. The van der Waals surface area contributed by atoms with Crippen LogP contribution in [0.1, 0.15) is 24.1 Å². The third-order valence-electron chi connectivity index (χ3n) is 4.63. The van der Waals surface area contributed by atoms with Gasteiger partial charge in [0.1, 0.15) is 5.75 Å². The van der Waals surface area contributed by atoms with Crippen molar-refractivity contribution in [2.24, 2.45) is 0 Å². The first-order valence-electron chi connectivity index (χ1n) is 8.93. The van der Waals surface area contributed by atoms with Crippen molar-refractivity contribution < 1.29 is 4.74 Å². The minimum atomic E-state index is 0.754. The van der Waals surface area contributed by atoms with Crippen LogP contribution in [0.4, 0.5) is 5.13 Å². The average molecular weight is 369 g/mol. The van der Waals surface area contributed by atoms with E-state index in [1.54, 1.807) is 18.4 Å². The molecule has 1 N–H and O–H groups in total. The second kappa shape index (κ2) is 7.88. The van der Waals surface area contributed by atoms with Crippen LogP contribution in [0.15, 0.2) is 42.6 Å². The van der Waals surface area contributed by atoms with Gasteiger partial charge in [-0.1, -0.05) is 29.5 Å².